The van der Waals surface area contributed by atoms with Crippen molar-refractivity contribution in [2.45, 2.75) is 12.5 Å². The molecule has 1 N–H and O–H groups in total. The van der Waals surface area contributed by atoms with Crippen LogP contribution in [0, 0.1) is 0 Å². The van der Waals surface area contributed by atoms with Crippen molar-refractivity contribution >= 4 is 11.3 Å². The Bertz CT molecular complexity index is 743. The summed E-state index contributed by atoms with van der Waals surface area (Å²) in [5.41, 5.74) is 1.97. The zero-order chi connectivity index (χ0) is 13.5. The van der Waals surface area contributed by atoms with Crippen molar-refractivity contribution in [1.29, 1.82) is 0 Å². The van der Waals surface area contributed by atoms with Crippen molar-refractivity contribution in [3.8, 4) is 11.5 Å². The van der Waals surface area contributed by atoms with Crippen LogP contribution in [0.25, 0.3) is 11.5 Å². The van der Waals surface area contributed by atoms with Crippen molar-refractivity contribution < 1.29 is 4.52 Å². The number of nitrogens with zero attached hydrogens (tertiary/aromatic N) is 4. The molecule has 0 bridgehead atoms. The van der Waals surface area contributed by atoms with Crippen LogP contribution >= 0.6 is 11.3 Å². The third-order valence-corrected chi connectivity index (χ3v) is 4.42. The fraction of sp³-hybridized carbons (Fsp3) is 0.308. The van der Waals surface area contributed by atoms with Crippen LogP contribution in [0.4, 0.5) is 0 Å². The first-order valence-corrected chi connectivity index (χ1v) is 7.32. The average Bonchev–Trinajstić information content (AvgIpc) is 3.17. The average molecular weight is 287 g/mol. The third-order valence-electron chi connectivity index (χ3n) is 3.42. The highest BCUT2D eigenvalue weighted by molar-refractivity contribution is 7.10. The summed E-state index contributed by atoms with van der Waals surface area (Å²) in [5, 5.41) is 13.9. The Morgan fingerprint density at radius 3 is 3.25 bits per heavy atom. The number of hydrogen-bond donors (Lipinski definition) is 1. The molecule has 1 aliphatic rings. The molecule has 0 fully saturated rings. The molecule has 1 unspecified atom stereocenters. The second-order valence-corrected chi connectivity index (χ2v) is 5.77. The topological polar surface area (TPSA) is 68.8 Å². The van der Waals surface area contributed by atoms with Gasteiger partial charge in [0.1, 0.15) is 11.7 Å². The molecule has 1 atom stereocenters. The minimum Gasteiger partial charge on any atom is -0.337 e. The lowest BCUT2D eigenvalue weighted by molar-refractivity contribution is 0.344. The first-order chi connectivity index (χ1) is 9.81. The quantitative estimate of drug-likeness (QED) is 0.778. The number of aryl methyl sites for hydroxylation is 1. The lowest BCUT2D eigenvalue weighted by Gasteiger charge is -2.20. The van der Waals surface area contributed by atoms with E-state index in [4.69, 9.17) is 4.52 Å². The highest BCUT2D eigenvalue weighted by Crippen LogP contribution is 2.31. The van der Waals surface area contributed by atoms with Gasteiger partial charge in [0, 0.05) is 24.7 Å². The first-order valence-electron chi connectivity index (χ1n) is 6.44. The molecule has 3 aromatic heterocycles. The van der Waals surface area contributed by atoms with Crippen LogP contribution in [0.3, 0.4) is 0 Å². The van der Waals surface area contributed by atoms with Gasteiger partial charge in [-0.05, 0) is 29.5 Å². The SMILES string of the molecule is Cn1ccc(-c2noc(C3NCCc4sccc43)n2)n1. The number of thiophene rings is 1. The molecule has 0 radical (unpaired) electrons. The van der Waals surface area contributed by atoms with E-state index in [0.29, 0.717) is 11.7 Å². The van der Waals surface area contributed by atoms with Gasteiger partial charge in [-0.15, -0.1) is 11.3 Å². The monoisotopic (exact) mass is 287 g/mol. The van der Waals surface area contributed by atoms with Crippen molar-refractivity contribution in [3.63, 3.8) is 0 Å². The molecule has 102 valence electrons. The molecule has 0 spiro atoms. The van der Waals surface area contributed by atoms with Gasteiger partial charge in [0.25, 0.3) is 0 Å². The second kappa shape index (κ2) is 4.53. The molecule has 4 heterocycles. The summed E-state index contributed by atoms with van der Waals surface area (Å²) in [6.07, 6.45) is 2.92. The molecule has 0 saturated carbocycles. The second-order valence-electron chi connectivity index (χ2n) is 4.77. The lowest BCUT2D eigenvalue weighted by atomic mass is 10.0. The first kappa shape index (κ1) is 11.8. The van der Waals surface area contributed by atoms with Crippen LogP contribution in [0.15, 0.2) is 28.2 Å². The number of nitrogens with one attached hydrogen (secondary N) is 1. The van der Waals surface area contributed by atoms with E-state index in [1.807, 2.05) is 19.3 Å². The molecule has 1 aliphatic heterocycles. The summed E-state index contributed by atoms with van der Waals surface area (Å²) < 4.78 is 7.15. The molecule has 0 amide bonds. The highest BCUT2D eigenvalue weighted by atomic mass is 32.1. The third kappa shape index (κ3) is 1.86. The summed E-state index contributed by atoms with van der Waals surface area (Å²) in [7, 11) is 1.87. The van der Waals surface area contributed by atoms with Gasteiger partial charge in [-0.25, -0.2) is 0 Å². The van der Waals surface area contributed by atoms with Gasteiger partial charge in [0.15, 0.2) is 0 Å². The summed E-state index contributed by atoms with van der Waals surface area (Å²) in [4.78, 5) is 5.88. The van der Waals surface area contributed by atoms with Crippen molar-refractivity contribution in [2.75, 3.05) is 6.54 Å². The van der Waals surface area contributed by atoms with Crippen molar-refractivity contribution in [3.05, 3.63) is 40.0 Å². The molecule has 0 saturated heterocycles. The number of rotatable bonds is 2. The van der Waals surface area contributed by atoms with Crippen LogP contribution < -0.4 is 5.32 Å². The molecule has 6 nitrogen and oxygen atoms in total. The highest BCUT2D eigenvalue weighted by Gasteiger charge is 2.27. The Labute approximate surface area is 119 Å². The van der Waals surface area contributed by atoms with Crippen LogP contribution in [0.5, 0.6) is 0 Å². The summed E-state index contributed by atoms with van der Waals surface area (Å²) >= 11 is 1.78. The Hall–Kier alpha value is -1.99. The molecular formula is C13H13N5OS. The van der Waals surface area contributed by atoms with E-state index in [1.165, 1.54) is 10.4 Å². The van der Waals surface area contributed by atoms with Crippen LogP contribution in [0.1, 0.15) is 22.4 Å². The predicted molar refractivity (Wildman–Crippen MR) is 74.4 cm³/mol. The number of fused-ring (bicyclic) bond motifs is 1. The molecule has 3 aromatic rings. The van der Waals surface area contributed by atoms with E-state index < -0.39 is 0 Å². The zero-order valence-electron chi connectivity index (χ0n) is 10.9. The van der Waals surface area contributed by atoms with Crippen molar-refractivity contribution in [2.24, 2.45) is 7.05 Å². The van der Waals surface area contributed by atoms with Gasteiger partial charge in [-0.2, -0.15) is 10.1 Å². The predicted octanol–water partition coefficient (Wildman–Crippen LogP) is 1.77. The number of aromatic nitrogens is 4. The van der Waals surface area contributed by atoms with E-state index in [0.717, 1.165) is 18.7 Å². The van der Waals surface area contributed by atoms with Crippen LogP contribution in [-0.4, -0.2) is 26.5 Å². The minimum absolute atomic E-state index is 0.00466. The van der Waals surface area contributed by atoms with E-state index in [-0.39, 0.29) is 6.04 Å². The van der Waals surface area contributed by atoms with Gasteiger partial charge < -0.3 is 9.84 Å². The van der Waals surface area contributed by atoms with E-state index in [2.05, 4.69) is 32.0 Å². The summed E-state index contributed by atoms with van der Waals surface area (Å²) in [5.74, 6) is 1.13. The van der Waals surface area contributed by atoms with Crippen molar-refractivity contribution in [1.82, 2.24) is 25.2 Å². The molecular weight excluding hydrogens is 274 g/mol. The van der Waals surface area contributed by atoms with Gasteiger partial charge in [-0.3, -0.25) is 4.68 Å². The molecule has 0 aromatic carbocycles. The molecule has 0 aliphatic carbocycles. The Morgan fingerprint density at radius 1 is 1.45 bits per heavy atom. The maximum Gasteiger partial charge on any atom is 0.248 e. The van der Waals surface area contributed by atoms with Crippen LogP contribution in [-0.2, 0) is 13.5 Å². The Morgan fingerprint density at radius 2 is 2.40 bits per heavy atom. The van der Waals surface area contributed by atoms with E-state index in [9.17, 15) is 0 Å². The maximum absolute atomic E-state index is 5.43. The minimum atomic E-state index is -0.00466. The fourth-order valence-corrected chi connectivity index (χ4v) is 3.38. The maximum atomic E-state index is 5.43. The normalized spacial score (nSPS) is 18.1. The van der Waals surface area contributed by atoms with Gasteiger partial charge in [-0.1, -0.05) is 5.16 Å². The largest absolute Gasteiger partial charge is 0.337 e. The Kier molecular flexibility index (Phi) is 2.68. The lowest BCUT2D eigenvalue weighted by Crippen LogP contribution is -2.29. The van der Waals surface area contributed by atoms with E-state index in [1.54, 1.807) is 16.0 Å². The summed E-state index contributed by atoms with van der Waals surface area (Å²) in [6, 6.07) is 4.00. The van der Waals surface area contributed by atoms with Gasteiger partial charge in [0.2, 0.25) is 11.7 Å². The standard InChI is InChI=1S/C13H13N5OS/c1-18-6-3-9(16-18)12-15-13(19-17-12)11-8-4-7-20-10(8)2-5-14-11/h3-4,6-7,11,14H,2,5H2,1H3. The van der Waals surface area contributed by atoms with Gasteiger partial charge in [0.05, 0.1) is 0 Å². The fourth-order valence-electron chi connectivity index (χ4n) is 2.46. The summed E-state index contributed by atoms with van der Waals surface area (Å²) in [6.45, 7) is 0.930. The smallest absolute Gasteiger partial charge is 0.248 e. The van der Waals surface area contributed by atoms with Gasteiger partial charge >= 0.3 is 0 Å². The molecule has 20 heavy (non-hydrogen) atoms. The zero-order valence-corrected chi connectivity index (χ0v) is 11.7. The molecule has 4 rings (SSSR count). The van der Waals surface area contributed by atoms with Crippen LogP contribution in [0.2, 0.25) is 0 Å². The Balaban J connectivity index is 1.70. The van der Waals surface area contributed by atoms with E-state index >= 15 is 0 Å². The molecule has 7 heteroatoms. The number of hydrogen-bond acceptors (Lipinski definition) is 6.